The van der Waals surface area contributed by atoms with E-state index in [1.807, 2.05) is 0 Å². The summed E-state index contributed by atoms with van der Waals surface area (Å²) >= 11 is 0. The molecule has 0 aromatic heterocycles. The summed E-state index contributed by atoms with van der Waals surface area (Å²) in [7, 11) is 3.25. The van der Waals surface area contributed by atoms with Crippen LogP contribution in [0.25, 0.3) is 0 Å². The summed E-state index contributed by atoms with van der Waals surface area (Å²) in [6.45, 7) is 0. The molecule has 0 atom stereocenters. The largest absolute Gasteiger partial charge is 0.388 e. The van der Waals surface area contributed by atoms with Crippen LogP contribution in [0, 0.1) is 0 Å². The Bertz CT molecular complexity index is 36.2. The minimum atomic E-state index is 0.194. The van der Waals surface area contributed by atoms with Gasteiger partial charge < -0.3 is 4.74 Å². The van der Waals surface area contributed by atoms with Crippen LogP contribution in [0.4, 0.5) is 0 Å². The smallest absolute Gasteiger partial charge is 0.182 e. The van der Waals surface area contributed by atoms with Gasteiger partial charge in [-0.2, -0.15) is 0 Å². The lowest BCUT2D eigenvalue weighted by Gasteiger charge is -1.61. The van der Waals surface area contributed by atoms with Gasteiger partial charge in [-0.05, 0) is 0 Å². The van der Waals surface area contributed by atoms with Gasteiger partial charge in [0.2, 0.25) is 0 Å². The van der Waals surface area contributed by atoms with Gasteiger partial charge in [-0.25, -0.2) is 0 Å². The van der Waals surface area contributed by atoms with Gasteiger partial charge in [-0.1, -0.05) is 0 Å². The van der Waals surface area contributed by atoms with Crippen molar-refractivity contribution >= 4 is 12.6 Å². The van der Waals surface area contributed by atoms with Gasteiger partial charge in [0.15, 0.2) is 12.6 Å². The Morgan fingerprint density at radius 1 is 1.14 bits per heavy atom. The zero-order valence-electron chi connectivity index (χ0n) is 4.38. The minimum Gasteiger partial charge on any atom is -0.388 e. The molecule has 0 saturated heterocycles. The van der Waals surface area contributed by atoms with Gasteiger partial charge in [0.05, 0.1) is 0 Å². The van der Waals surface area contributed by atoms with Crippen LogP contribution in [0.15, 0.2) is 0 Å². The molecule has 7 heavy (non-hydrogen) atoms. The van der Waals surface area contributed by atoms with Crippen LogP contribution < -0.4 is 0 Å². The SMILES string of the molecule is COC.O=CC=O. The van der Waals surface area contributed by atoms with Crippen LogP contribution in [0.3, 0.4) is 0 Å². The quantitative estimate of drug-likeness (QED) is 0.337. The fourth-order valence-corrected chi connectivity index (χ4v) is 0. The highest BCUT2D eigenvalue weighted by atomic mass is 16.4. The van der Waals surface area contributed by atoms with Gasteiger partial charge in [-0.15, -0.1) is 0 Å². The highest BCUT2D eigenvalue weighted by Crippen LogP contribution is 1.28. The van der Waals surface area contributed by atoms with Crippen molar-refractivity contribution < 1.29 is 14.3 Å². The Balaban J connectivity index is 0. The van der Waals surface area contributed by atoms with Crippen LogP contribution in [0.5, 0.6) is 0 Å². The maximum Gasteiger partial charge on any atom is 0.182 e. The molecule has 0 unspecified atom stereocenters. The summed E-state index contributed by atoms with van der Waals surface area (Å²) in [4.78, 5) is 17.6. The molecule has 0 heterocycles. The number of methoxy groups -OCH3 is 1. The molecule has 3 nitrogen and oxygen atoms in total. The Morgan fingerprint density at radius 3 is 1.29 bits per heavy atom. The molecule has 0 saturated carbocycles. The van der Waals surface area contributed by atoms with E-state index in [2.05, 4.69) is 4.74 Å². The number of hydrogen-bond donors (Lipinski definition) is 0. The van der Waals surface area contributed by atoms with Crippen molar-refractivity contribution in [2.45, 2.75) is 0 Å². The van der Waals surface area contributed by atoms with E-state index in [9.17, 15) is 0 Å². The van der Waals surface area contributed by atoms with E-state index in [1.54, 1.807) is 14.2 Å². The fourth-order valence-electron chi connectivity index (χ4n) is 0. The molecular formula is C4H8O3. The van der Waals surface area contributed by atoms with Crippen molar-refractivity contribution in [2.24, 2.45) is 0 Å². The molecule has 0 amide bonds. The number of ether oxygens (including phenoxy) is 1. The summed E-state index contributed by atoms with van der Waals surface area (Å²) in [5.74, 6) is 0. The van der Waals surface area contributed by atoms with Crippen molar-refractivity contribution in [3.8, 4) is 0 Å². The predicted molar refractivity (Wildman–Crippen MR) is 25.1 cm³/mol. The van der Waals surface area contributed by atoms with Gasteiger partial charge in [0.25, 0.3) is 0 Å². The van der Waals surface area contributed by atoms with E-state index >= 15 is 0 Å². The standard InChI is InChI=1S/C2H2O2.C2H6O/c3-1-2-4;1-3-2/h1-2H;1-2H3. The molecule has 0 aliphatic carbocycles. The monoisotopic (exact) mass is 104 g/mol. The third-order valence-corrected chi connectivity index (χ3v) is 0.0556. The van der Waals surface area contributed by atoms with Crippen molar-refractivity contribution in [1.29, 1.82) is 0 Å². The molecule has 0 aliphatic heterocycles. The second-order valence-corrected chi connectivity index (χ2v) is 0.680. The molecule has 0 N–H and O–H groups in total. The summed E-state index contributed by atoms with van der Waals surface area (Å²) in [5.41, 5.74) is 0. The van der Waals surface area contributed by atoms with E-state index < -0.39 is 0 Å². The molecule has 0 aliphatic rings. The van der Waals surface area contributed by atoms with Crippen molar-refractivity contribution in [2.75, 3.05) is 14.2 Å². The fraction of sp³-hybridized carbons (Fsp3) is 0.500. The number of rotatable bonds is 1. The van der Waals surface area contributed by atoms with Crippen LogP contribution in [-0.4, -0.2) is 26.8 Å². The first-order valence-corrected chi connectivity index (χ1v) is 1.62. The zero-order chi connectivity index (χ0) is 6.12. The van der Waals surface area contributed by atoms with Crippen LogP contribution in [-0.2, 0) is 14.3 Å². The normalized spacial score (nSPS) is 5.43. The lowest BCUT2D eigenvalue weighted by molar-refractivity contribution is -0.122. The Labute approximate surface area is 42.3 Å². The first-order chi connectivity index (χ1) is 3.33. The van der Waals surface area contributed by atoms with Gasteiger partial charge in [0.1, 0.15) is 0 Å². The van der Waals surface area contributed by atoms with Crippen molar-refractivity contribution in [1.82, 2.24) is 0 Å². The first kappa shape index (κ1) is 9.57. The van der Waals surface area contributed by atoms with E-state index in [1.165, 1.54) is 0 Å². The highest BCUT2D eigenvalue weighted by molar-refractivity contribution is 6.09. The lowest BCUT2D eigenvalue weighted by atomic mass is 10.9. The van der Waals surface area contributed by atoms with Crippen molar-refractivity contribution in [3.05, 3.63) is 0 Å². The van der Waals surface area contributed by atoms with E-state index in [0.29, 0.717) is 0 Å². The van der Waals surface area contributed by atoms with Crippen LogP contribution in [0.2, 0.25) is 0 Å². The second kappa shape index (κ2) is 18.5. The third-order valence-electron chi connectivity index (χ3n) is 0.0556. The number of aldehydes is 2. The average Bonchev–Trinajstić information content (AvgIpc) is 1.69. The summed E-state index contributed by atoms with van der Waals surface area (Å²) in [6, 6.07) is 0. The predicted octanol–water partition coefficient (Wildman–Crippen LogP) is -0.353. The first-order valence-electron chi connectivity index (χ1n) is 1.62. The summed E-state index contributed by atoms with van der Waals surface area (Å²) in [6.07, 6.45) is 0.389. The Hall–Kier alpha value is -0.700. The Kier molecular flexibility index (Phi) is 25.3. The molecule has 0 fully saturated rings. The summed E-state index contributed by atoms with van der Waals surface area (Å²) < 4.78 is 4.25. The average molecular weight is 104 g/mol. The number of carbonyl (C=O) groups is 2. The molecule has 0 aromatic carbocycles. The molecule has 0 bridgehead atoms. The number of hydrogen-bond acceptors (Lipinski definition) is 3. The molecule has 0 radical (unpaired) electrons. The van der Waals surface area contributed by atoms with Gasteiger partial charge >= 0.3 is 0 Å². The van der Waals surface area contributed by atoms with Crippen molar-refractivity contribution in [3.63, 3.8) is 0 Å². The van der Waals surface area contributed by atoms with E-state index in [0.717, 1.165) is 0 Å². The highest BCUT2D eigenvalue weighted by Gasteiger charge is 1.47. The third kappa shape index (κ3) is 641. The molecule has 3 heteroatoms. The van der Waals surface area contributed by atoms with E-state index in [4.69, 9.17) is 9.59 Å². The van der Waals surface area contributed by atoms with Crippen LogP contribution in [0.1, 0.15) is 0 Å². The maximum atomic E-state index is 8.81. The topological polar surface area (TPSA) is 43.4 Å². The molecular weight excluding hydrogens is 96.0 g/mol. The maximum absolute atomic E-state index is 8.81. The summed E-state index contributed by atoms with van der Waals surface area (Å²) in [5, 5.41) is 0. The molecule has 0 aromatic rings. The number of carbonyl (C=O) groups excluding carboxylic acids is 2. The van der Waals surface area contributed by atoms with Crippen LogP contribution >= 0.6 is 0 Å². The second-order valence-electron chi connectivity index (χ2n) is 0.680. The Morgan fingerprint density at radius 2 is 1.29 bits per heavy atom. The zero-order valence-corrected chi connectivity index (χ0v) is 4.38. The lowest BCUT2D eigenvalue weighted by Crippen LogP contribution is -1.62. The van der Waals surface area contributed by atoms with Gasteiger partial charge in [-0.3, -0.25) is 9.59 Å². The minimum absolute atomic E-state index is 0.194. The molecule has 0 rings (SSSR count). The molecule has 0 spiro atoms. The molecule has 42 valence electrons. The van der Waals surface area contributed by atoms with E-state index in [-0.39, 0.29) is 12.6 Å². The van der Waals surface area contributed by atoms with Gasteiger partial charge in [0, 0.05) is 14.2 Å².